The highest BCUT2D eigenvalue weighted by Gasteiger charge is 2.37. The molecule has 1 heterocycles. The smallest absolute Gasteiger partial charge is 0.449 e. The molecule has 3 aromatic carbocycles. The fourth-order valence-electron chi connectivity index (χ4n) is 3.19. The zero-order valence-corrected chi connectivity index (χ0v) is 14.4. The molecule has 1 aromatic heterocycles. The predicted molar refractivity (Wildman–Crippen MR) is 98.8 cm³/mol. The second kappa shape index (κ2) is 6.95. The lowest BCUT2D eigenvalue weighted by Crippen LogP contribution is -2.16. The van der Waals surface area contributed by atoms with Crippen LogP contribution in [0.4, 0.5) is 13.2 Å². The van der Waals surface area contributed by atoms with Crippen LogP contribution in [0.3, 0.4) is 0 Å². The van der Waals surface area contributed by atoms with Gasteiger partial charge in [-0.3, -0.25) is 0 Å². The molecule has 0 fully saturated rings. The summed E-state index contributed by atoms with van der Waals surface area (Å²) < 4.78 is 46.8. The number of aromatic nitrogens is 2. The van der Waals surface area contributed by atoms with Crippen LogP contribution in [0.25, 0.3) is 21.8 Å². The molecule has 0 aliphatic heterocycles. The van der Waals surface area contributed by atoms with E-state index in [2.05, 4.69) is 4.98 Å². The molecular weight excluding hydrogens is 353 g/mol. The molecule has 0 radical (unpaired) electrons. The Labute approximate surface area is 154 Å². The van der Waals surface area contributed by atoms with Gasteiger partial charge in [-0.25, -0.2) is 4.98 Å². The summed E-state index contributed by atoms with van der Waals surface area (Å²) in [6.45, 7) is 0.505. The van der Waals surface area contributed by atoms with Gasteiger partial charge in [0.15, 0.2) is 0 Å². The van der Waals surface area contributed by atoms with Crippen LogP contribution in [-0.4, -0.2) is 16.2 Å². The molecule has 0 bridgehead atoms. The van der Waals surface area contributed by atoms with Gasteiger partial charge in [-0.2, -0.15) is 13.2 Å². The van der Waals surface area contributed by atoms with Crippen molar-refractivity contribution in [1.29, 1.82) is 0 Å². The number of aryl methyl sites for hydroxylation is 1. The zero-order valence-electron chi connectivity index (χ0n) is 14.4. The first-order chi connectivity index (χ1) is 13.0. The molecule has 0 spiro atoms. The number of para-hydroxylation sites is 2. The number of benzene rings is 3. The lowest BCUT2D eigenvalue weighted by Gasteiger charge is -2.12. The number of imidazole rings is 1. The third-order valence-corrected chi connectivity index (χ3v) is 4.42. The van der Waals surface area contributed by atoms with E-state index in [4.69, 9.17) is 4.74 Å². The summed E-state index contributed by atoms with van der Waals surface area (Å²) in [5, 5.41) is 2.18. The van der Waals surface area contributed by atoms with Gasteiger partial charge in [0, 0.05) is 6.54 Å². The van der Waals surface area contributed by atoms with Gasteiger partial charge >= 0.3 is 6.18 Å². The molecule has 4 rings (SSSR count). The minimum Gasteiger partial charge on any atom is -0.494 e. The van der Waals surface area contributed by atoms with Crippen molar-refractivity contribution in [2.45, 2.75) is 19.1 Å². The lowest BCUT2D eigenvalue weighted by atomic mass is 10.1. The van der Waals surface area contributed by atoms with Gasteiger partial charge in [0.2, 0.25) is 5.82 Å². The SMILES string of the molecule is FC(F)(F)c1nc2ccccc2n1CCCOc1ccc2ccccc2c1. The summed E-state index contributed by atoms with van der Waals surface area (Å²) in [6.07, 6.45) is -4.05. The van der Waals surface area contributed by atoms with Crippen molar-refractivity contribution >= 4 is 21.8 Å². The third kappa shape index (κ3) is 3.60. The highest BCUT2D eigenvalue weighted by atomic mass is 19.4. The molecule has 27 heavy (non-hydrogen) atoms. The molecule has 4 aromatic rings. The van der Waals surface area contributed by atoms with E-state index in [1.54, 1.807) is 24.3 Å². The predicted octanol–water partition coefficient (Wildman–Crippen LogP) is 5.68. The van der Waals surface area contributed by atoms with Crippen molar-refractivity contribution in [3.05, 3.63) is 72.6 Å². The number of ether oxygens (including phenoxy) is 1. The zero-order chi connectivity index (χ0) is 18.9. The molecule has 0 N–H and O–H groups in total. The van der Waals surface area contributed by atoms with E-state index in [0.717, 1.165) is 10.8 Å². The molecular formula is C21H17F3N2O. The average molecular weight is 370 g/mol. The van der Waals surface area contributed by atoms with Crippen molar-refractivity contribution in [2.24, 2.45) is 0 Å². The van der Waals surface area contributed by atoms with Gasteiger partial charge in [-0.05, 0) is 41.5 Å². The Bertz CT molecular complexity index is 1090. The van der Waals surface area contributed by atoms with Gasteiger partial charge in [0.1, 0.15) is 5.75 Å². The van der Waals surface area contributed by atoms with Crippen molar-refractivity contribution in [1.82, 2.24) is 9.55 Å². The largest absolute Gasteiger partial charge is 0.494 e. The first-order valence-corrected chi connectivity index (χ1v) is 8.66. The van der Waals surface area contributed by atoms with Crippen LogP contribution >= 0.6 is 0 Å². The van der Waals surface area contributed by atoms with Gasteiger partial charge in [0.05, 0.1) is 17.6 Å². The molecule has 0 unspecified atom stereocenters. The van der Waals surface area contributed by atoms with E-state index in [-0.39, 0.29) is 6.54 Å². The molecule has 0 aliphatic carbocycles. The highest BCUT2D eigenvalue weighted by molar-refractivity contribution is 5.83. The summed E-state index contributed by atoms with van der Waals surface area (Å²) in [7, 11) is 0. The number of fused-ring (bicyclic) bond motifs is 2. The van der Waals surface area contributed by atoms with Crippen LogP contribution in [-0.2, 0) is 12.7 Å². The standard InChI is InChI=1S/C21H17F3N2O/c22-21(23,24)20-25-18-8-3-4-9-19(18)26(20)12-5-13-27-17-11-10-15-6-1-2-7-16(15)14-17/h1-4,6-11,14H,5,12-13H2. The first kappa shape index (κ1) is 17.4. The van der Waals surface area contributed by atoms with E-state index in [1.807, 2.05) is 42.5 Å². The van der Waals surface area contributed by atoms with Crippen molar-refractivity contribution in [3.8, 4) is 5.75 Å². The van der Waals surface area contributed by atoms with E-state index in [1.165, 1.54) is 4.57 Å². The minimum absolute atomic E-state index is 0.183. The Morgan fingerprint density at radius 1 is 0.889 bits per heavy atom. The molecule has 0 amide bonds. The molecule has 0 atom stereocenters. The molecule has 138 valence electrons. The summed E-state index contributed by atoms with van der Waals surface area (Å²) in [6, 6.07) is 20.3. The van der Waals surface area contributed by atoms with Gasteiger partial charge in [-0.15, -0.1) is 0 Å². The van der Waals surface area contributed by atoms with Crippen LogP contribution < -0.4 is 4.74 Å². The Hall–Kier alpha value is -3.02. The van der Waals surface area contributed by atoms with Gasteiger partial charge < -0.3 is 9.30 Å². The van der Waals surface area contributed by atoms with Gasteiger partial charge in [0.25, 0.3) is 0 Å². The number of hydrogen-bond donors (Lipinski definition) is 0. The highest BCUT2D eigenvalue weighted by Crippen LogP contribution is 2.31. The molecule has 0 saturated carbocycles. The summed E-state index contributed by atoms with van der Waals surface area (Å²) in [4.78, 5) is 3.75. The first-order valence-electron chi connectivity index (χ1n) is 8.66. The lowest BCUT2D eigenvalue weighted by molar-refractivity contribution is -0.147. The summed E-state index contributed by atoms with van der Waals surface area (Å²) in [5.74, 6) is -0.158. The second-order valence-electron chi connectivity index (χ2n) is 6.28. The average Bonchev–Trinajstić information content (AvgIpc) is 3.04. The maximum Gasteiger partial charge on any atom is 0.449 e. The van der Waals surface area contributed by atoms with E-state index >= 15 is 0 Å². The number of alkyl halides is 3. The third-order valence-electron chi connectivity index (χ3n) is 4.42. The number of rotatable bonds is 5. The maximum atomic E-state index is 13.3. The molecule has 0 aliphatic rings. The van der Waals surface area contributed by atoms with Crippen LogP contribution in [0.5, 0.6) is 5.75 Å². The van der Waals surface area contributed by atoms with Crippen molar-refractivity contribution in [2.75, 3.05) is 6.61 Å². The fraction of sp³-hybridized carbons (Fsp3) is 0.190. The Morgan fingerprint density at radius 2 is 1.63 bits per heavy atom. The Balaban J connectivity index is 1.47. The van der Waals surface area contributed by atoms with Gasteiger partial charge in [-0.1, -0.05) is 42.5 Å². The normalized spacial score (nSPS) is 12.0. The molecule has 6 heteroatoms. The van der Waals surface area contributed by atoms with E-state index in [0.29, 0.717) is 29.8 Å². The minimum atomic E-state index is -4.49. The van der Waals surface area contributed by atoms with Crippen molar-refractivity contribution in [3.63, 3.8) is 0 Å². The van der Waals surface area contributed by atoms with Crippen molar-refractivity contribution < 1.29 is 17.9 Å². The number of hydrogen-bond acceptors (Lipinski definition) is 2. The fourth-order valence-corrected chi connectivity index (χ4v) is 3.19. The van der Waals surface area contributed by atoms with Crippen LogP contribution in [0, 0.1) is 0 Å². The Morgan fingerprint density at radius 3 is 2.44 bits per heavy atom. The maximum absolute atomic E-state index is 13.3. The quantitative estimate of drug-likeness (QED) is 0.423. The Kier molecular flexibility index (Phi) is 4.48. The number of nitrogens with zero attached hydrogens (tertiary/aromatic N) is 2. The van der Waals surface area contributed by atoms with E-state index in [9.17, 15) is 13.2 Å². The topological polar surface area (TPSA) is 27.1 Å². The molecule has 3 nitrogen and oxygen atoms in total. The van der Waals surface area contributed by atoms with Crippen LogP contribution in [0.15, 0.2) is 66.7 Å². The summed E-state index contributed by atoms with van der Waals surface area (Å²) >= 11 is 0. The van der Waals surface area contributed by atoms with E-state index < -0.39 is 12.0 Å². The van der Waals surface area contributed by atoms with Crippen LogP contribution in [0.2, 0.25) is 0 Å². The molecule has 0 saturated heterocycles. The summed E-state index contributed by atoms with van der Waals surface area (Å²) in [5.41, 5.74) is 0.829. The van der Waals surface area contributed by atoms with Crippen LogP contribution in [0.1, 0.15) is 12.2 Å². The monoisotopic (exact) mass is 370 g/mol. The number of halogens is 3. The second-order valence-corrected chi connectivity index (χ2v) is 6.28.